The zero-order chi connectivity index (χ0) is 19.5. The van der Waals surface area contributed by atoms with E-state index < -0.39 is 18.1 Å². The largest absolute Gasteiger partial charge is 0.480 e. The number of nitrogens with one attached hydrogen (secondary N) is 1. The third-order valence-electron chi connectivity index (χ3n) is 4.78. The standard InChI is InChI=1S/C20H18N4O4/c25-19(26)18(11-24-10-9-21-23-24)22-20(27)28-12-17-15-7-3-1-5-13(15)14-6-2-4-8-16(14)17/h1-10,17-18H,11-12H2,(H,22,27)(H,25,26). The molecule has 0 radical (unpaired) electrons. The van der Waals surface area contributed by atoms with Crippen LogP contribution < -0.4 is 5.32 Å². The number of amides is 1. The highest BCUT2D eigenvalue weighted by molar-refractivity contribution is 5.81. The first kappa shape index (κ1) is 17.7. The van der Waals surface area contributed by atoms with Crippen LogP contribution in [-0.2, 0) is 16.1 Å². The van der Waals surface area contributed by atoms with E-state index in [-0.39, 0.29) is 19.1 Å². The lowest BCUT2D eigenvalue weighted by atomic mass is 9.98. The van der Waals surface area contributed by atoms with Crippen molar-refractivity contribution in [3.8, 4) is 11.1 Å². The first-order valence-corrected chi connectivity index (χ1v) is 8.82. The maximum atomic E-state index is 12.2. The molecule has 0 saturated heterocycles. The Morgan fingerprint density at radius 2 is 1.75 bits per heavy atom. The molecule has 1 amide bonds. The lowest BCUT2D eigenvalue weighted by molar-refractivity contribution is -0.139. The number of fused-ring (bicyclic) bond motifs is 3. The Hall–Kier alpha value is -3.68. The van der Waals surface area contributed by atoms with E-state index in [0.29, 0.717) is 0 Å². The minimum absolute atomic E-state index is 0.0421. The molecule has 2 N–H and O–H groups in total. The van der Waals surface area contributed by atoms with Crippen molar-refractivity contribution in [2.75, 3.05) is 6.61 Å². The summed E-state index contributed by atoms with van der Waals surface area (Å²) in [6, 6.07) is 14.8. The third kappa shape index (κ3) is 3.44. The summed E-state index contributed by atoms with van der Waals surface area (Å²) in [7, 11) is 0. The first-order valence-electron chi connectivity index (χ1n) is 8.82. The SMILES string of the molecule is O=C(NC(Cn1ccnn1)C(=O)O)OCC1c2ccccc2-c2ccccc21. The van der Waals surface area contributed by atoms with Gasteiger partial charge in [-0.3, -0.25) is 0 Å². The summed E-state index contributed by atoms with van der Waals surface area (Å²) in [6.45, 7) is 0.0784. The molecule has 0 saturated carbocycles. The van der Waals surface area contributed by atoms with Gasteiger partial charge in [-0.25, -0.2) is 14.3 Å². The Morgan fingerprint density at radius 3 is 2.32 bits per heavy atom. The molecule has 3 aromatic rings. The van der Waals surface area contributed by atoms with E-state index in [2.05, 4.69) is 15.6 Å². The molecular formula is C20H18N4O4. The fourth-order valence-corrected chi connectivity index (χ4v) is 3.48. The van der Waals surface area contributed by atoms with Gasteiger partial charge >= 0.3 is 12.1 Å². The van der Waals surface area contributed by atoms with E-state index in [1.54, 1.807) is 0 Å². The Bertz CT molecular complexity index is 957. The molecule has 1 aliphatic carbocycles. The number of hydrogen-bond donors (Lipinski definition) is 2. The summed E-state index contributed by atoms with van der Waals surface area (Å²) >= 11 is 0. The topological polar surface area (TPSA) is 106 Å². The molecule has 1 atom stereocenters. The van der Waals surface area contributed by atoms with Gasteiger partial charge in [-0.05, 0) is 22.3 Å². The molecule has 0 fully saturated rings. The zero-order valence-corrected chi connectivity index (χ0v) is 14.9. The summed E-state index contributed by atoms with van der Waals surface area (Å²) in [5.74, 6) is -1.26. The van der Waals surface area contributed by atoms with Crippen molar-refractivity contribution in [2.24, 2.45) is 0 Å². The van der Waals surface area contributed by atoms with Crippen molar-refractivity contribution < 1.29 is 19.4 Å². The number of aromatic nitrogens is 3. The van der Waals surface area contributed by atoms with Crippen LogP contribution >= 0.6 is 0 Å². The molecule has 1 heterocycles. The van der Waals surface area contributed by atoms with Gasteiger partial charge in [-0.15, -0.1) is 5.10 Å². The van der Waals surface area contributed by atoms with Gasteiger partial charge in [-0.1, -0.05) is 53.7 Å². The second-order valence-corrected chi connectivity index (χ2v) is 6.49. The molecule has 28 heavy (non-hydrogen) atoms. The number of rotatable bonds is 6. The van der Waals surface area contributed by atoms with Crippen molar-refractivity contribution in [1.82, 2.24) is 20.3 Å². The maximum absolute atomic E-state index is 12.2. The van der Waals surface area contributed by atoms with Gasteiger partial charge in [0.2, 0.25) is 0 Å². The van der Waals surface area contributed by atoms with Crippen LogP contribution in [0.2, 0.25) is 0 Å². The third-order valence-corrected chi connectivity index (χ3v) is 4.78. The minimum atomic E-state index is -1.18. The van der Waals surface area contributed by atoms with Gasteiger partial charge < -0.3 is 15.2 Å². The predicted molar refractivity (Wildman–Crippen MR) is 99.7 cm³/mol. The summed E-state index contributed by atoms with van der Waals surface area (Å²) in [5, 5.41) is 19.0. The lowest BCUT2D eigenvalue weighted by Crippen LogP contribution is -2.44. The molecule has 8 heteroatoms. The Balaban J connectivity index is 1.44. The van der Waals surface area contributed by atoms with Crippen molar-refractivity contribution in [1.29, 1.82) is 0 Å². The van der Waals surface area contributed by atoms with Crippen molar-refractivity contribution in [3.63, 3.8) is 0 Å². The van der Waals surface area contributed by atoms with Crippen LogP contribution in [-0.4, -0.2) is 44.8 Å². The number of carboxylic acids is 1. The summed E-state index contributed by atoms with van der Waals surface area (Å²) in [5.41, 5.74) is 4.44. The highest BCUT2D eigenvalue weighted by Gasteiger charge is 2.29. The number of carboxylic acid groups (broad SMARTS) is 1. The van der Waals surface area contributed by atoms with E-state index >= 15 is 0 Å². The monoisotopic (exact) mass is 378 g/mol. The number of benzene rings is 2. The van der Waals surface area contributed by atoms with E-state index in [1.807, 2.05) is 48.5 Å². The van der Waals surface area contributed by atoms with E-state index in [1.165, 1.54) is 17.1 Å². The molecule has 142 valence electrons. The highest BCUT2D eigenvalue weighted by Crippen LogP contribution is 2.44. The summed E-state index contributed by atoms with van der Waals surface area (Å²) in [6.07, 6.45) is 2.18. The summed E-state index contributed by atoms with van der Waals surface area (Å²) in [4.78, 5) is 23.6. The van der Waals surface area contributed by atoms with Crippen molar-refractivity contribution in [3.05, 3.63) is 72.1 Å². The fourth-order valence-electron chi connectivity index (χ4n) is 3.48. The number of carbonyl (C=O) groups is 2. The van der Waals surface area contributed by atoms with Crippen LogP contribution in [0.1, 0.15) is 17.0 Å². The second-order valence-electron chi connectivity index (χ2n) is 6.49. The smallest absolute Gasteiger partial charge is 0.407 e. The summed E-state index contributed by atoms with van der Waals surface area (Å²) < 4.78 is 6.72. The van der Waals surface area contributed by atoms with E-state index in [9.17, 15) is 14.7 Å². The average molecular weight is 378 g/mol. The Morgan fingerprint density at radius 1 is 1.11 bits per heavy atom. The average Bonchev–Trinajstić information content (AvgIpc) is 3.32. The molecule has 1 unspecified atom stereocenters. The zero-order valence-electron chi connectivity index (χ0n) is 14.9. The van der Waals surface area contributed by atoms with Crippen LogP contribution in [0, 0.1) is 0 Å². The van der Waals surface area contributed by atoms with Crippen molar-refractivity contribution >= 4 is 12.1 Å². The molecular weight excluding hydrogens is 360 g/mol. The number of aliphatic carboxylic acids is 1. The van der Waals surface area contributed by atoms with E-state index in [4.69, 9.17) is 4.74 Å². The van der Waals surface area contributed by atoms with Gasteiger partial charge in [0.25, 0.3) is 0 Å². The molecule has 4 rings (SSSR count). The van der Waals surface area contributed by atoms with Crippen LogP contribution in [0.3, 0.4) is 0 Å². The minimum Gasteiger partial charge on any atom is -0.480 e. The van der Waals surface area contributed by atoms with Crippen LogP contribution in [0.5, 0.6) is 0 Å². The molecule has 8 nitrogen and oxygen atoms in total. The second kappa shape index (κ2) is 7.51. The van der Waals surface area contributed by atoms with Gasteiger partial charge in [0.05, 0.1) is 12.7 Å². The van der Waals surface area contributed by atoms with E-state index in [0.717, 1.165) is 22.3 Å². The van der Waals surface area contributed by atoms with Gasteiger partial charge in [0.15, 0.2) is 0 Å². The predicted octanol–water partition coefficient (Wildman–Crippen LogP) is 2.27. The van der Waals surface area contributed by atoms with Crippen LogP contribution in [0.4, 0.5) is 4.79 Å². The number of nitrogens with zero attached hydrogens (tertiary/aromatic N) is 3. The van der Waals surface area contributed by atoms with Gasteiger partial charge in [0, 0.05) is 12.1 Å². The number of carbonyl (C=O) groups excluding carboxylic acids is 1. The molecule has 0 aliphatic heterocycles. The quantitative estimate of drug-likeness (QED) is 0.682. The molecule has 2 aromatic carbocycles. The fraction of sp³-hybridized carbons (Fsp3) is 0.200. The maximum Gasteiger partial charge on any atom is 0.407 e. The molecule has 1 aliphatic rings. The van der Waals surface area contributed by atoms with Gasteiger partial charge in [-0.2, -0.15) is 0 Å². The van der Waals surface area contributed by atoms with Crippen LogP contribution in [0.15, 0.2) is 60.9 Å². The Kier molecular flexibility index (Phi) is 4.76. The highest BCUT2D eigenvalue weighted by atomic mass is 16.5. The molecule has 1 aromatic heterocycles. The van der Waals surface area contributed by atoms with Crippen molar-refractivity contribution in [2.45, 2.75) is 18.5 Å². The number of ether oxygens (including phenoxy) is 1. The molecule has 0 bridgehead atoms. The Labute approximate surface area is 160 Å². The normalized spacial score (nSPS) is 13.4. The molecule has 0 spiro atoms. The number of alkyl carbamates (subject to hydrolysis) is 1. The van der Waals surface area contributed by atoms with Gasteiger partial charge in [0.1, 0.15) is 12.6 Å². The number of hydrogen-bond acceptors (Lipinski definition) is 5. The van der Waals surface area contributed by atoms with Crippen LogP contribution in [0.25, 0.3) is 11.1 Å². The lowest BCUT2D eigenvalue weighted by Gasteiger charge is -2.17. The first-order chi connectivity index (χ1) is 13.6.